The average Bonchev–Trinajstić information content (AvgIpc) is 2.44. The Hall–Kier alpha value is -0.930. The fourth-order valence-corrected chi connectivity index (χ4v) is 3.20. The molecule has 1 heterocycles. The van der Waals surface area contributed by atoms with Crippen LogP contribution in [-0.4, -0.2) is 30.1 Å². The van der Waals surface area contributed by atoms with E-state index in [1.165, 1.54) is 12.0 Å². The summed E-state index contributed by atoms with van der Waals surface area (Å²) >= 11 is 0. The zero-order valence-corrected chi connectivity index (χ0v) is 13.8. The highest BCUT2D eigenvalue weighted by Crippen LogP contribution is 2.21. The Bertz CT molecular complexity index is 459. The van der Waals surface area contributed by atoms with Crippen molar-refractivity contribution in [2.24, 2.45) is 5.92 Å². The van der Waals surface area contributed by atoms with Gasteiger partial charge in [0, 0.05) is 31.7 Å². The number of hydrogen-bond acceptors (Lipinski definition) is 2. The minimum absolute atomic E-state index is 0.127. The molecule has 2 unspecified atom stereocenters. The summed E-state index contributed by atoms with van der Waals surface area (Å²) in [6.07, 6.45) is 2.34. The Morgan fingerprint density at radius 1 is 1.38 bits per heavy atom. The van der Waals surface area contributed by atoms with Gasteiger partial charge in [-0.15, -0.1) is 0 Å². The number of piperazine rings is 1. The topological polar surface area (TPSA) is 15.3 Å². The summed E-state index contributed by atoms with van der Waals surface area (Å²) in [5.41, 5.74) is 2.31. The Morgan fingerprint density at radius 3 is 2.81 bits per heavy atom. The van der Waals surface area contributed by atoms with Crippen molar-refractivity contribution in [3.05, 3.63) is 35.1 Å². The number of benzene rings is 1. The molecule has 2 nitrogen and oxygen atoms in total. The molecule has 0 aromatic heterocycles. The molecule has 0 saturated carbocycles. The molecule has 118 valence electrons. The number of hydrogen-bond donors (Lipinski definition) is 1. The van der Waals surface area contributed by atoms with Gasteiger partial charge >= 0.3 is 0 Å². The van der Waals surface area contributed by atoms with Crippen LogP contribution in [0.5, 0.6) is 0 Å². The maximum absolute atomic E-state index is 13.5. The second kappa shape index (κ2) is 7.37. The molecule has 1 aromatic carbocycles. The standard InChI is InChI=1S/C18H29FN2/c1-5-17-12-21(18(10-20-17)8-13(2)3)11-15-9-16(19)7-6-14(15)4/h6-7,9,13,17-18,20H,5,8,10-12H2,1-4H3. The van der Waals surface area contributed by atoms with Crippen LogP contribution in [0.25, 0.3) is 0 Å². The Kier molecular flexibility index (Phi) is 5.77. The zero-order chi connectivity index (χ0) is 15.4. The van der Waals surface area contributed by atoms with Crippen LogP contribution in [0.15, 0.2) is 18.2 Å². The smallest absolute Gasteiger partial charge is 0.123 e. The molecule has 0 aliphatic carbocycles. The molecular formula is C18H29FN2. The predicted molar refractivity (Wildman–Crippen MR) is 86.9 cm³/mol. The summed E-state index contributed by atoms with van der Waals surface area (Å²) in [4.78, 5) is 2.55. The minimum Gasteiger partial charge on any atom is -0.311 e. The molecule has 1 N–H and O–H groups in total. The molecule has 0 amide bonds. The number of nitrogens with one attached hydrogen (secondary N) is 1. The molecule has 3 heteroatoms. The number of nitrogens with zero attached hydrogens (tertiary/aromatic N) is 1. The fraction of sp³-hybridized carbons (Fsp3) is 0.667. The van der Waals surface area contributed by atoms with E-state index in [1.807, 2.05) is 6.07 Å². The Labute approximate surface area is 128 Å². The van der Waals surface area contributed by atoms with Crippen LogP contribution in [0.4, 0.5) is 4.39 Å². The summed E-state index contributed by atoms with van der Waals surface area (Å²) in [6, 6.07) is 6.25. The van der Waals surface area contributed by atoms with Gasteiger partial charge in [-0.2, -0.15) is 0 Å². The molecule has 1 saturated heterocycles. The molecule has 0 bridgehead atoms. The molecule has 2 rings (SSSR count). The minimum atomic E-state index is -0.127. The van der Waals surface area contributed by atoms with E-state index in [2.05, 4.69) is 37.9 Å². The first-order valence-corrected chi connectivity index (χ1v) is 8.22. The molecule has 1 aliphatic rings. The van der Waals surface area contributed by atoms with E-state index in [9.17, 15) is 4.39 Å². The van der Waals surface area contributed by atoms with Gasteiger partial charge in [-0.25, -0.2) is 4.39 Å². The van der Waals surface area contributed by atoms with Gasteiger partial charge in [0.05, 0.1) is 0 Å². The monoisotopic (exact) mass is 292 g/mol. The number of rotatable bonds is 5. The SMILES string of the molecule is CCC1CN(Cc2cc(F)ccc2C)C(CC(C)C)CN1. The van der Waals surface area contributed by atoms with Crippen molar-refractivity contribution in [1.82, 2.24) is 10.2 Å². The largest absolute Gasteiger partial charge is 0.311 e. The van der Waals surface area contributed by atoms with E-state index >= 15 is 0 Å². The first-order chi connectivity index (χ1) is 9.99. The molecule has 21 heavy (non-hydrogen) atoms. The van der Waals surface area contributed by atoms with E-state index in [0.717, 1.165) is 31.6 Å². The van der Waals surface area contributed by atoms with Crippen LogP contribution in [0.1, 0.15) is 44.7 Å². The quantitative estimate of drug-likeness (QED) is 0.889. The van der Waals surface area contributed by atoms with E-state index in [1.54, 1.807) is 12.1 Å². The Morgan fingerprint density at radius 2 is 2.14 bits per heavy atom. The van der Waals surface area contributed by atoms with Crippen molar-refractivity contribution in [1.29, 1.82) is 0 Å². The van der Waals surface area contributed by atoms with Crippen molar-refractivity contribution in [3.63, 3.8) is 0 Å². The molecule has 1 fully saturated rings. The highest BCUT2D eigenvalue weighted by molar-refractivity contribution is 5.26. The van der Waals surface area contributed by atoms with Crippen molar-refractivity contribution < 1.29 is 4.39 Å². The van der Waals surface area contributed by atoms with Crippen molar-refractivity contribution in [2.75, 3.05) is 13.1 Å². The van der Waals surface area contributed by atoms with E-state index in [0.29, 0.717) is 18.0 Å². The highest BCUT2D eigenvalue weighted by Gasteiger charge is 2.27. The third-order valence-electron chi connectivity index (χ3n) is 4.53. The first kappa shape index (κ1) is 16.4. The summed E-state index contributed by atoms with van der Waals surface area (Å²) < 4.78 is 13.5. The third kappa shape index (κ3) is 4.52. The van der Waals surface area contributed by atoms with Gasteiger partial charge in [0.15, 0.2) is 0 Å². The summed E-state index contributed by atoms with van der Waals surface area (Å²) in [7, 11) is 0. The third-order valence-corrected chi connectivity index (χ3v) is 4.53. The van der Waals surface area contributed by atoms with Crippen LogP contribution in [0.3, 0.4) is 0 Å². The van der Waals surface area contributed by atoms with Crippen LogP contribution >= 0.6 is 0 Å². The highest BCUT2D eigenvalue weighted by atomic mass is 19.1. The van der Waals surface area contributed by atoms with Crippen molar-refractivity contribution in [2.45, 2.75) is 59.2 Å². The molecular weight excluding hydrogens is 263 g/mol. The second-order valence-corrected chi connectivity index (χ2v) is 6.80. The van der Waals surface area contributed by atoms with Crippen LogP contribution in [-0.2, 0) is 6.54 Å². The van der Waals surface area contributed by atoms with Gasteiger partial charge in [-0.05, 0) is 48.9 Å². The summed E-state index contributed by atoms with van der Waals surface area (Å²) in [5.74, 6) is 0.560. The number of aryl methyl sites for hydroxylation is 1. The summed E-state index contributed by atoms with van der Waals surface area (Å²) in [5, 5.41) is 3.65. The lowest BCUT2D eigenvalue weighted by Crippen LogP contribution is -2.56. The van der Waals surface area contributed by atoms with Gasteiger partial charge in [0.2, 0.25) is 0 Å². The zero-order valence-electron chi connectivity index (χ0n) is 13.8. The first-order valence-electron chi connectivity index (χ1n) is 8.22. The van der Waals surface area contributed by atoms with Crippen LogP contribution in [0.2, 0.25) is 0 Å². The lowest BCUT2D eigenvalue weighted by atomic mass is 9.97. The van der Waals surface area contributed by atoms with Gasteiger partial charge in [-0.3, -0.25) is 4.90 Å². The second-order valence-electron chi connectivity index (χ2n) is 6.80. The van der Waals surface area contributed by atoms with Gasteiger partial charge in [-0.1, -0.05) is 26.8 Å². The van der Waals surface area contributed by atoms with E-state index < -0.39 is 0 Å². The molecule has 2 atom stereocenters. The normalized spacial score (nSPS) is 23.7. The molecule has 0 spiro atoms. The van der Waals surface area contributed by atoms with Crippen molar-refractivity contribution >= 4 is 0 Å². The maximum atomic E-state index is 13.5. The van der Waals surface area contributed by atoms with E-state index in [-0.39, 0.29) is 5.82 Å². The molecule has 0 radical (unpaired) electrons. The summed E-state index contributed by atoms with van der Waals surface area (Å²) in [6.45, 7) is 11.8. The molecule has 1 aromatic rings. The average molecular weight is 292 g/mol. The van der Waals surface area contributed by atoms with Crippen LogP contribution in [0, 0.1) is 18.7 Å². The number of halogens is 1. The lowest BCUT2D eigenvalue weighted by Gasteiger charge is -2.41. The van der Waals surface area contributed by atoms with Crippen molar-refractivity contribution in [3.8, 4) is 0 Å². The maximum Gasteiger partial charge on any atom is 0.123 e. The molecule has 1 aliphatic heterocycles. The van der Waals surface area contributed by atoms with E-state index in [4.69, 9.17) is 0 Å². The fourth-order valence-electron chi connectivity index (χ4n) is 3.20. The van der Waals surface area contributed by atoms with Gasteiger partial charge < -0.3 is 5.32 Å². The van der Waals surface area contributed by atoms with Gasteiger partial charge in [0.25, 0.3) is 0 Å². The predicted octanol–water partition coefficient (Wildman–Crippen LogP) is 3.73. The van der Waals surface area contributed by atoms with Gasteiger partial charge in [0.1, 0.15) is 5.82 Å². The van der Waals surface area contributed by atoms with Crippen LogP contribution < -0.4 is 5.32 Å². The lowest BCUT2D eigenvalue weighted by molar-refractivity contribution is 0.105. The Balaban J connectivity index is 2.13.